The number of fused-ring (bicyclic) bond motifs is 1. The van der Waals surface area contributed by atoms with Crippen LogP contribution >= 0.6 is 12.4 Å². The van der Waals surface area contributed by atoms with Crippen LogP contribution in [0.15, 0.2) is 67.0 Å². The zero-order chi connectivity index (χ0) is 54.3. The van der Waals surface area contributed by atoms with Gasteiger partial charge in [0.15, 0.2) is 0 Å². The fourth-order valence-corrected chi connectivity index (χ4v) is 9.57. The number of para-hydroxylation sites is 1. The second kappa shape index (κ2) is 28.6. The lowest BCUT2D eigenvalue weighted by atomic mass is 10.0. The molecule has 0 aliphatic carbocycles. The van der Waals surface area contributed by atoms with Crippen molar-refractivity contribution < 1.29 is 28.9 Å². The first kappa shape index (κ1) is 58.7. The van der Waals surface area contributed by atoms with Crippen molar-refractivity contribution in [2.45, 2.75) is 77.5 Å². The summed E-state index contributed by atoms with van der Waals surface area (Å²) in [7, 11) is 0. The molecule has 2 fully saturated rings. The Bertz CT molecular complexity index is 2820. The van der Waals surface area contributed by atoms with Crippen LogP contribution < -0.4 is 26.6 Å². The molecular formula is C54H76ClN17O6. The maximum atomic E-state index is 14.7. The first-order valence-electron chi connectivity index (χ1n) is 26.7. The number of rotatable bonds is 27. The lowest BCUT2D eigenvalue weighted by molar-refractivity contribution is -0.136. The van der Waals surface area contributed by atoms with Gasteiger partial charge in [-0.15, -0.1) is 29.0 Å². The van der Waals surface area contributed by atoms with E-state index < -0.39 is 12.1 Å². The molecule has 2 aliphatic heterocycles. The second-order valence-corrected chi connectivity index (χ2v) is 20.5. The number of carbonyl (C=O) groups excluding carboxylic acids is 2. The number of aromatic nitrogens is 10. The van der Waals surface area contributed by atoms with E-state index in [1.807, 2.05) is 52.4 Å². The summed E-state index contributed by atoms with van der Waals surface area (Å²) in [4.78, 5) is 55.4. The number of piperazine rings is 2. The van der Waals surface area contributed by atoms with Crippen molar-refractivity contribution in [3.63, 3.8) is 0 Å². The molecule has 2 aliphatic rings. The fourth-order valence-electron chi connectivity index (χ4n) is 9.57. The highest BCUT2D eigenvalue weighted by Crippen LogP contribution is 2.27. The van der Waals surface area contributed by atoms with Crippen LogP contribution in [0, 0.1) is 24.2 Å². The van der Waals surface area contributed by atoms with E-state index in [2.05, 4.69) is 80.4 Å². The number of amides is 2. The summed E-state index contributed by atoms with van der Waals surface area (Å²) in [5.41, 5.74) is 17.1. The van der Waals surface area contributed by atoms with Crippen LogP contribution in [0.3, 0.4) is 0 Å². The number of nitrogens with two attached hydrogens (primary N) is 2. The van der Waals surface area contributed by atoms with Crippen LogP contribution in [0.25, 0.3) is 10.9 Å². The molecule has 6 heterocycles. The topological polar surface area (TPSA) is 275 Å². The number of anilines is 3. The summed E-state index contributed by atoms with van der Waals surface area (Å²) in [6.45, 7) is 14.5. The lowest BCUT2D eigenvalue weighted by Crippen LogP contribution is -2.52. The summed E-state index contributed by atoms with van der Waals surface area (Å²) in [5.74, 6) is 4.41. The predicted molar refractivity (Wildman–Crippen MR) is 299 cm³/mol. The molecule has 2 saturated heterocycles. The van der Waals surface area contributed by atoms with Crippen molar-refractivity contribution in [2.75, 3.05) is 114 Å². The Hall–Kier alpha value is -6.94. The van der Waals surface area contributed by atoms with E-state index >= 15 is 0 Å². The summed E-state index contributed by atoms with van der Waals surface area (Å²) < 4.78 is 19.9. The van der Waals surface area contributed by atoms with Crippen LogP contribution in [0.5, 0.6) is 5.75 Å². The zero-order valence-corrected chi connectivity index (χ0v) is 46.0. The fraction of sp³-hybridized carbons (Fsp3) is 0.537. The van der Waals surface area contributed by atoms with Gasteiger partial charge in [-0.25, -0.2) is 9.36 Å². The number of halogens is 1. The molecule has 23 nitrogen and oxygen atoms in total. The Morgan fingerprint density at radius 1 is 0.705 bits per heavy atom. The molecule has 2 aromatic carbocycles. The highest BCUT2D eigenvalue weighted by Gasteiger charge is 2.34. The quantitative estimate of drug-likeness (QED) is 0.0359. The molecule has 0 spiro atoms. The number of hydrogen-bond donors (Lipinski definition) is 5. The first-order chi connectivity index (χ1) is 37.3. The third-order valence-corrected chi connectivity index (χ3v) is 13.7. The lowest BCUT2D eigenvalue weighted by Gasteiger charge is -2.38. The monoisotopic (exact) mass is 1090 g/mol. The summed E-state index contributed by atoms with van der Waals surface area (Å²) in [5, 5.41) is 32.1. The molecule has 8 rings (SSSR count). The summed E-state index contributed by atoms with van der Waals surface area (Å²) in [6.07, 6.45) is 11.0. The number of hydrogen-bond acceptors (Lipinski definition) is 18. The minimum absolute atomic E-state index is 0. The molecule has 0 bridgehead atoms. The van der Waals surface area contributed by atoms with Crippen molar-refractivity contribution in [1.82, 2.24) is 59.7 Å². The number of terminal acetylenes is 1. The van der Waals surface area contributed by atoms with Crippen LogP contribution in [-0.2, 0) is 36.6 Å². The van der Waals surface area contributed by atoms with E-state index in [1.165, 1.54) is 0 Å². The van der Waals surface area contributed by atoms with Crippen molar-refractivity contribution in [1.29, 1.82) is 0 Å². The number of nitrogens with zero attached hydrogens (tertiary/aromatic N) is 13. The van der Waals surface area contributed by atoms with Gasteiger partial charge in [0.25, 0.3) is 0 Å². The Kier molecular flexibility index (Phi) is 21.5. The van der Waals surface area contributed by atoms with E-state index in [-0.39, 0.29) is 48.7 Å². The Labute approximate surface area is 462 Å². The minimum atomic E-state index is -0.698. The van der Waals surface area contributed by atoms with Gasteiger partial charge in [0.05, 0.1) is 68.9 Å². The van der Waals surface area contributed by atoms with Crippen molar-refractivity contribution in [3.05, 3.63) is 89.6 Å². The van der Waals surface area contributed by atoms with Crippen LogP contribution in [-0.4, -0.2) is 175 Å². The Morgan fingerprint density at radius 2 is 1.22 bits per heavy atom. The molecule has 0 radical (unpaired) electrons. The number of nitrogens with one attached hydrogen (secondary N) is 2. The number of phenols is 1. The van der Waals surface area contributed by atoms with Crippen molar-refractivity contribution in [2.24, 2.45) is 23.3 Å². The SMILES string of the molecule is C#CCOCCOCCOCCNc1nc(N2CCN(C(=O)[C@@H](Cc3cc4ccccc4[nH]3)n3cc([C@@H](N)CC(C)C)nn3)CC2)nc(N2CCN(C(=O)[C@H](Cc3ccc(O)cc3)n3cc([C@@H](N)CC(C)C)nn3)CC2)n1.Cl. The van der Waals surface area contributed by atoms with Gasteiger partial charge >= 0.3 is 0 Å². The molecule has 420 valence electrons. The molecule has 2 amide bonds. The highest BCUT2D eigenvalue weighted by molar-refractivity contribution is 5.85. The molecular weight excluding hydrogens is 1020 g/mol. The van der Waals surface area contributed by atoms with Gasteiger partial charge in [-0.3, -0.25) is 9.59 Å². The van der Waals surface area contributed by atoms with Gasteiger partial charge in [-0.1, -0.05) is 74.4 Å². The minimum Gasteiger partial charge on any atom is -0.508 e. The van der Waals surface area contributed by atoms with E-state index in [1.54, 1.807) is 27.7 Å². The number of carbonyl (C=O) groups is 2. The normalized spacial score (nSPS) is 15.6. The predicted octanol–water partition coefficient (Wildman–Crippen LogP) is 4.12. The number of aromatic hydroxyl groups is 1. The van der Waals surface area contributed by atoms with Crippen LogP contribution in [0.1, 0.15) is 87.3 Å². The van der Waals surface area contributed by atoms with E-state index in [9.17, 15) is 14.7 Å². The van der Waals surface area contributed by atoms with Crippen molar-refractivity contribution >= 4 is 53.0 Å². The number of phenolic OH excluding ortho intramolecular Hbond substituents is 1. The zero-order valence-electron chi connectivity index (χ0n) is 45.2. The molecule has 0 saturated carbocycles. The van der Waals surface area contributed by atoms with E-state index in [4.69, 9.17) is 47.1 Å². The second-order valence-electron chi connectivity index (χ2n) is 20.5. The van der Waals surface area contributed by atoms with Gasteiger partial charge in [0.1, 0.15) is 24.4 Å². The number of benzene rings is 2. The summed E-state index contributed by atoms with van der Waals surface area (Å²) in [6, 6.07) is 15.0. The molecule has 0 unspecified atom stereocenters. The van der Waals surface area contributed by atoms with Gasteiger partial charge in [-0.05, 0) is 59.9 Å². The van der Waals surface area contributed by atoms with Crippen molar-refractivity contribution in [3.8, 4) is 18.1 Å². The largest absolute Gasteiger partial charge is 0.508 e. The van der Waals surface area contributed by atoms with E-state index in [0.717, 1.165) is 35.0 Å². The van der Waals surface area contributed by atoms with Gasteiger partial charge in [0.2, 0.25) is 29.7 Å². The third-order valence-electron chi connectivity index (χ3n) is 13.7. The first-order valence-corrected chi connectivity index (χ1v) is 26.7. The van der Waals surface area contributed by atoms with E-state index in [0.29, 0.717) is 146 Å². The molecule has 78 heavy (non-hydrogen) atoms. The summed E-state index contributed by atoms with van der Waals surface area (Å²) >= 11 is 0. The van der Waals surface area contributed by atoms with Gasteiger partial charge in [-0.2, -0.15) is 15.0 Å². The molecule has 7 N–H and O–H groups in total. The van der Waals surface area contributed by atoms with Crippen LogP contribution in [0.4, 0.5) is 17.8 Å². The van der Waals surface area contributed by atoms with Gasteiger partial charge in [0, 0.05) is 83.0 Å². The average Bonchev–Trinajstić information content (AvgIpc) is 4.23. The maximum Gasteiger partial charge on any atom is 0.248 e. The van der Waals surface area contributed by atoms with Crippen LogP contribution in [0.2, 0.25) is 0 Å². The van der Waals surface area contributed by atoms with Gasteiger partial charge < -0.3 is 60.7 Å². The Morgan fingerprint density at radius 3 is 1.74 bits per heavy atom. The third kappa shape index (κ3) is 16.1. The Balaban J connectivity index is 0.00000882. The highest BCUT2D eigenvalue weighted by atomic mass is 35.5. The number of aromatic amines is 1. The number of ether oxygens (including phenoxy) is 3. The molecule has 4 aromatic heterocycles. The standard InChI is InChI=1S/C54H75N17O6.ClH/c1-6-24-75-26-28-77-29-27-76-25-15-57-52-59-53(68-20-16-66(17-21-68)50(73)48(32-39-11-13-42(72)14-12-39)70-35-46(62-64-70)43(55)30-37(2)3)61-54(60-52)69-22-18-67(19-23-69)51(74)49(34-41-33-40-9-7-8-10-45(40)58-41)71-36-47(63-65-71)44(56)31-38(4)5;/h1,7-14,33,35-38,43-44,48-49,58,72H,15-32,34,55-56H2,2-5H3,(H,57,59,60,61);1H/t43-,44-,48-,49+;/m0./s1. The molecule has 24 heteroatoms. The average molecular weight is 1090 g/mol. The molecule has 4 atom stereocenters. The molecule has 6 aromatic rings. The number of H-pyrrole nitrogens is 1. The smallest absolute Gasteiger partial charge is 0.248 e. The maximum absolute atomic E-state index is 14.7.